The van der Waals surface area contributed by atoms with Gasteiger partial charge in [-0.3, -0.25) is 4.79 Å². The van der Waals surface area contributed by atoms with Gasteiger partial charge in [-0.2, -0.15) is 0 Å². The average Bonchev–Trinajstić information content (AvgIpc) is 2.52. The van der Waals surface area contributed by atoms with E-state index in [2.05, 4.69) is 6.92 Å². The van der Waals surface area contributed by atoms with Crippen LogP contribution in [0.15, 0.2) is 41.3 Å². The van der Waals surface area contributed by atoms with E-state index in [0.717, 1.165) is 12.8 Å². The van der Waals surface area contributed by atoms with E-state index in [-0.39, 0.29) is 5.56 Å². The number of pyridine rings is 1. The summed E-state index contributed by atoms with van der Waals surface area (Å²) in [6.45, 7) is 7.17. The summed E-state index contributed by atoms with van der Waals surface area (Å²) in [5.74, 6) is 1.57. The van der Waals surface area contributed by atoms with Crippen LogP contribution in [0, 0.1) is 0 Å². The first-order valence-electron chi connectivity index (χ1n) is 7.82. The zero-order valence-corrected chi connectivity index (χ0v) is 13.5. The van der Waals surface area contributed by atoms with Crippen molar-refractivity contribution >= 4 is 0 Å². The van der Waals surface area contributed by atoms with Crippen molar-refractivity contribution in [2.75, 3.05) is 6.61 Å². The summed E-state index contributed by atoms with van der Waals surface area (Å²) in [6.07, 6.45) is 3.82. The van der Waals surface area contributed by atoms with E-state index in [1.165, 1.54) is 5.56 Å². The normalized spacial score (nSPS) is 10.5. The van der Waals surface area contributed by atoms with Gasteiger partial charge in [0.1, 0.15) is 0 Å². The molecule has 1 aromatic carbocycles. The predicted octanol–water partition coefficient (Wildman–Crippen LogP) is 4.01. The molecule has 0 atom stereocenters. The minimum Gasteiger partial charge on any atom is -0.490 e. The third kappa shape index (κ3) is 3.70. The number of aryl methyl sites for hydroxylation is 2. The molecule has 0 fully saturated rings. The lowest BCUT2D eigenvalue weighted by molar-refractivity contribution is 0.320. The zero-order valence-electron chi connectivity index (χ0n) is 13.5. The molecule has 4 heteroatoms. The lowest BCUT2D eigenvalue weighted by Crippen LogP contribution is -2.19. The fourth-order valence-corrected chi connectivity index (χ4v) is 2.31. The summed E-state index contributed by atoms with van der Waals surface area (Å²) >= 11 is 0. The number of benzene rings is 1. The number of ether oxygens (including phenoxy) is 2. The predicted molar refractivity (Wildman–Crippen MR) is 88.1 cm³/mol. The smallest absolute Gasteiger partial charge is 0.293 e. The van der Waals surface area contributed by atoms with Gasteiger partial charge in [0.05, 0.1) is 6.61 Å². The number of hydrogen-bond donors (Lipinski definition) is 0. The van der Waals surface area contributed by atoms with Gasteiger partial charge in [-0.25, -0.2) is 0 Å². The summed E-state index contributed by atoms with van der Waals surface area (Å²) in [5, 5.41) is 0. The van der Waals surface area contributed by atoms with Gasteiger partial charge >= 0.3 is 0 Å². The highest BCUT2D eigenvalue weighted by atomic mass is 16.5. The molecule has 0 N–H and O–H groups in total. The van der Waals surface area contributed by atoms with Gasteiger partial charge in [0, 0.05) is 12.7 Å². The molecule has 0 bridgehead atoms. The highest BCUT2D eigenvalue weighted by molar-refractivity contribution is 5.45. The fourth-order valence-electron chi connectivity index (χ4n) is 2.31. The monoisotopic (exact) mass is 301 g/mol. The van der Waals surface area contributed by atoms with E-state index < -0.39 is 0 Å². The molecule has 0 saturated heterocycles. The molecule has 0 saturated carbocycles. The van der Waals surface area contributed by atoms with Crippen LogP contribution in [0.1, 0.15) is 32.8 Å². The van der Waals surface area contributed by atoms with Crippen molar-refractivity contribution in [3.63, 3.8) is 0 Å². The van der Waals surface area contributed by atoms with Gasteiger partial charge < -0.3 is 14.0 Å². The van der Waals surface area contributed by atoms with E-state index in [1.54, 1.807) is 16.8 Å². The van der Waals surface area contributed by atoms with Crippen LogP contribution in [0.4, 0.5) is 0 Å². The van der Waals surface area contributed by atoms with Crippen molar-refractivity contribution in [1.29, 1.82) is 0 Å². The standard InChI is InChI=1S/C18H23NO3/c1-4-8-14-10-11-15(17(13-14)21-6-3)22-16-9-7-12-19(5-2)18(16)20/h7,9-13H,4-6,8H2,1-3H3. The van der Waals surface area contributed by atoms with E-state index in [1.807, 2.05) is 38.1 Å². The van der Waals surface area contributed by atoms with Gasteiger partial charge in [0.15, 0.2) is 17.2 Å². The number of aromatic nitrogens is 1. The summed E-state index contributed by atoms with van der Waals surface area (Å²) in [7, 11) is 0. The van der Waals surface area contributed by atoms with Gasteiger partial charge in [0.2, 0.25) is 0 Å². The van der Waals surface area contributed by atoms with Crippen LogP contribution in [0.2, 0.25) is 0 Å². The Hall–Kier alpha value is -2.23. The molecule has 0 aliphatic rings. The van der Waals surface area contributed by atoms with Crippen molar-refractivity contribution in [1.82, 2.24) is 4.57 Å². The van der Waals surface area contributed by atoms with Crippen molar-refractivity contribution < 1.29 is 9.47 Å². The molecule has 0 spiro atoms. The molecule has 1 aromatic heterocycles. The van der Waals surface area contributed by atoms with Gasteiger partial charge in [-0.05, 0) is 50.1 Å². The zero-order chi connectivity index (χ0) is 15.9. The maximum Gasteiger partial charge on any atom is 0.293 e. The molecule has 22 heavy (non-hydrogen) atoms. The van der Waals surface area contributed by atoms with Crippen LogP contribution in [0.5, 0.6) is 17.2 Å². The van der Waals surface area contributed by atoms with Crippen LogP contribution < -0.4 is 15.0 Å². The van der Waals surface area contributed by atoms with Crippen molar-refractivity contribution in [3.8, 4) is 17.2 Å². The summed E-state index contributed by atoms with van der Waals surface area (Å²) in [6, 6.07) is 9.38. The molecule has 0 radical (unpaired) electrons. The Morgan fingerprint density at radius 3 is 2.55 bits per heavy atom. The van der Waals surface area contributed by atoms with Crippen LogP contribution in [-0.4, -0.2) is 11.2 Å². The molecule has 118 valence electrons. The first-order valence-corrected chi connectivity index (χ1v) is 7.82. The molecule has 2 aromatic rings. The molecular weight excluding hydrogens is 278 g/mol. The first kappa shape index (κ1) is 16.1. The SMILES string of the molecule is CCCc1ccc(Oc2cccn(CC)c2=O)c(OCC)c1. The van der Waals surface area contributed by atoms with Crippen LogP contribution >= 0.6 is 0 Å². The molecule has 4 nitrogen and oxygen atoms in total. The lowest BCUT2D eigenvalue weighted by atomic mass is 10.1. The third-order valence-electron chi connectivity index (χ3n) is 3.39. The molecule has 0 aliphatic carbocycles. The van der Waals surface area contributed by atoms with Crippen molar-refractivity contribution in [3.05, 3.63) is 52.4 Å². The van der Waals surface area contributed by atoms with Gasteiger partial charge in [0.25, 0.3) is 5.56 Å². The summed E-state index contributed by atoms with van der Waals surface area (Å²) in [4.78, 5) is 12.2. The molecule has 0 unspecified atom stereocenters. The lowest BCUT2D eigenvalue weighted by Gasteiger charge is -2.13. The molecule has 1 heterocycles. The largest absolute Gasteiger partial charge is 0.490 e. The van der Waals surface area contributed by atoms with E-state index in [0.29, 0.717) is 30.4 Å². The molecule has 0 amide bonds. The third-order valence-corrected chi connectivity index (χ3v) is 3.39. The highest BCUT2D eigenvalue weighted by Gasteiger charge is 2.10. The average molecular weight is 301 g/mol. The Morgan fingerprint density at radius 1 is 1.05 bits per heavy atom. The van der Waals surface area contributed by atoms with Gasteiger partial charge in [-0.15, -0.1) is 0 Å². The van der Waals surface area contributed by atoms with E-state index in [9.17, 15) is 4.79 Å². The number of rotatable bonds is 7. The van der Waals surface area contributed by atoms with Gasteiger partial charge in [-0.1, -0.05) is 19.4 Å². The Kier molecular flexibility index (Phi) is 5.64. The first-order chi connectivity index (χ1) is 10.7. The van der Waals surface area contributed by atoms with E-state index >= 15 is 0 Å². The minimum absolute atomic E-state index is 0.134. The second-order valence-electron chi connectivity index (χ2n) is 5.03. The second kappa shape index (κ2) is 7.69. The molecule has 0 aliphatic heterocycles. The fraction of sp³-hybridized carbons (Fsp3) is 0.389. The van der Waals surface area contributed by atoms with Crippen LogP contribution in [-0.2, 0) is 13.0 Å². The summed E-state index contributed by atoms with van der Waals surface area (Å²) in [5.41, 5.74) is 1.07. The second-order valence-corrected chi connectivity index (χ2v) is 5.03. The Balaban J connectivity index is 2.34. The Labute approximate surface area is 131 Å². The number of hydrogen-bond acceptors (Lipinski definition) is 3. The van der Waals surface area contributed by atoms with Crippen molar-refractivity contribution in [2.45, 2.75) is 40.2 Å². The highest BCUT2D eigenvalue weighted by Crippen LogP contribution is 2.31. The van der Waals surface area contributed by atoms with Crippen LogP contribution in [0.25, 0.3) is 0 Å². The van der Waals surface area contributed by atoms with E-state index in [4.69, 9.17) is 9.47 Å². The summed E-state index contributed by atoms with van der Waals surface area (Å²) < 4.78 is 13.1. The minimum atomic E-state index is -0.134. The number of nitrogens with zero attached hydrogens (tertiary/aromatic N) is 1. The maximum atomic E-state index is 12.2. The molecular formula is C18H23NO3. The topological polar surface area (TPSA) is 40.5 Å². The molecule has 2 rings (SSSR count). The maximum absolute atomic E-state index is 12.2. The van der Waals surface area contributed by atoms with Crippen LogP contribution in [0.3, 0.4) is 0 Å². The quantitative estimate of drug-likeness (QED) is 0.775. The Morgan fingerprint density at radius 2 is 1.86 bits per heavy atom. The van der Waals surface area contributed by atoms with Crippen molar-refractivity contribution in [2.24, 2.45) is 0 Å². The Bertz CT molecular complexity index is 676.